The fourth-order valence-corrected chi connectivity index (χ4v) is 3.57. The summed E-state index contributed by atoms with van der Waals surface area (Å²) >= 11 is 0. The molecule has 6 heteroatoms. The Labute approximate surface area is 174 Å². The van der Waals surface area contributed by atoms with Crippen molar-refractivity contribution in [3.8, 4) is 11.1 Å². The van der Waals surface area contributed by atoms with Crippen molar-refractivity contribution in [1.29, 1.82) is 0 Å². The van der Waals surface area contributed by atoms with Gasteiger partial charge in [0.25, 0.3) is 5.56 Å². The average molecular weight is 400 g/mol. The molecule has 0 fully saturated rings. The number of rotatable bonds is 6. The largest absolute Gasteiger partial charge is 0.332 e. The molecule has 1 amide bonds. The topological polar surface area (TPSA) is 68.9 Å². The Morgan fingerprint density at radius 1 is 1.00 bits per heavy atom. The van der Waals surface area contributed by atoms with Crippen molar-refractivity contribution in [1.82, 2.24) is 14.1 Å². The van der Waals surface area contributed by atoms with Crippen LogP contribution in [0.1, 0.15) is 19.4 Å². The highest BCUT2D eigenvalue weighted by Gasteiger charge is 2.17. The molecule has 0 atom stereocenters. The first kappa shape index (κ1) is 19.6. The highest BCUT2D eigenvalue weighted by molar-refractivity contribution is 5.95. The van der Waals surface area contributed by atoms with Crippen LogP contribution in [0.2, 0.25) is 0 Å². The first-order chi connectivity index (χ1) is 14.6. The summed E-state index contributed by atoms with van der Waals surface area (Å²) in [5.41, 5.74) is 4.64. The standard InChI is InChI=1S/C24H24N4O2/c1-3-17-10-12-19(13-11-17)26-21(29)15-28-14-20(18-8-6-5-7-9-18)22-23(28)24(30)27(4-2)16-25-22/h5-14,16H,3-4,15H2,1-2H3,(H,26,29). The molecule has 1 N–H and O–H groups in total. The van der Waals surface area contributed by atoms with Gasteiger partial charge < -0.3 is 9.88 Å². The molecule has 6 nitrogen and oxygen atoms in total. The van der Waals surface area contributed by atoms with E-state index in [0.29, 0.717) is 17.6 Å². The molecular formula is C24H24N4O2. The predicted molar refractivity (Wildman–Crippen MR) is 120 cm³/mol. The Balaban J connectivity index is 1.72. The van der Waals surface area contributed by atoms with E-state index in [1.54, 1.807) is 15.5 Å². The number of amides is 1. The Kier molecular flexibility index (Phi) is 5.48. The third-order valence-electron chi connectivity index (χ3n) is 5.23. The van der Waals surface area contributed by atoms with Crippen LogP contribution in [0.3, 0.4) is 0 Å². The van der Waals surface area contributed by atoms with Crippen molar-refractivity contribution in [2.75, 3.05) is 5.32 Å². The third kappa shape index (κ3) is 3.76. The molecule has 0 bridgehead atoms. The summed E-state index contributed by atoms with van der Waals surface area (Å²) in [5.74, 6) is -0.193. The fraction of sp³-hybridized carbons (Fsp3) is 0.208. The van der Waals surface area contributed by atoms with Crippen LogP contribution in [0, 0.1) is 0 Å². The second-order valence-electron chi connectivity index (χ2n) is 7.17. The summed E-state index contributed by atoms with van der Waals surface area (Å²) in [6, 6.07) is 17.6. The number of anilines is 1. The zero-order valence-corrected chi connectivity index (χ0v) is 17.1. The lowest BCUT2D eigenvalue weighted by molar-refractivity contribution is -0.116. The quantitative estimate of drug-likeness (QED) is 0.530. The van der Waals surface area contributed by atoms with Gasteiger partial charge in [-0.25, -0.2) is 4.98 Å². The molecule has 0 spiro atoms. The number of benzene rings is 2. The number of aryl methyl sites for hydroxylation is 2. The summed E-state index contributed by atoms with van der Waals surface area (Å²) in [4.78, 5) is 30.3. The van der Waals surface area contributed by atoms with Gasteiger partial charge in [-0.15, -0.1) is 0 Å². The zero-order valence-electron chi connectivity index (χ0n) is 17.1. The summed E-state index contributed by atoms with van der Waals surface area (Å²) in [6.07, 6.45) is 4.35. The molecule has 0 aliphatic carbocycles. The molecular weight excluding hydrogens is 376 g/mol. The first-order valence-corrected chi connectivity index (χ1v) is 10.1. The van der Waals surface area contributed by atoms with Crippen LogP contribution in [0.5, 0.6) is 0 Å². The van der Waals surface area contributed by atoms with E-state index < -0.39 is 0 Å². The normalized spacial score (nSPS) is 11.0. The second-order valence-corrected chi connectivity index (χ2v) is 7.17. The van der Waals surface area contributed by atoms with Crippen LogP contribution >= 0.6 is 0 Å². The van der Waals surface area contributed by atoms with E-state index in [-0.39, 0.29) is 18.0 Å². The van der Waals surface area contributed by atoms with Gasteiger partial charge in [0.15, 0.2) is 0 Å². The first-order valence-electron chi connectivity index (χ1n) is 10.1. The smallest absolute Gasteiger partial charge is 0.277 e. The minimum atomic E-state index is -0.193. The van der Waals surface area contributed by atoms with Gasteiger partial charge in [-0.2, -0.15) is 0 Å². The van der Waals surface area contributed by atoms with Crippen molar-refractivity contribution in [2.45, 2.75) is 33.4 Å². The summed E-state index contributed by atoms with van der Waals surface area (Å²) in [7, 11) is 0. The molecule has 0 aliphatic rings. The minimum absolute atomic E-state index is 0.0313. The number of nitrogens with zero attached hydrogens (tertiary/aromatic N) is 3. The van der Waals surface area contributed by atoms with Crippen LogP contribution in [0.25, 0.3) is 22.2 Å². The second kappa shape index (κ2) is 8.37. The molecule has 0 saturated heterocycles. The highest BCUT2D eigenvalue weighted by Crippen LogP contribution is 2.27. The number of hydrogen-bond donors (Lipinski definition) is 1. The lowest BCUT2D eigenvalue weighted by atomic mass is 10.1. The van der Waals surface area contributed by atoms with Gasteiger partial charge in [-0.05, 0) is 36.6 Å². The summed E-state index contributed by atoms with van der Waals surface area (Å²) in [6.45, 7) is 4.53. The number of hydrogen-bond acceptors (Lipinski definition) is 3. The summed E-state index contributed by atoms with van der Waals surface area (Å²) in [5, 5.41) is 2.91. The molecule has 152 valence electrons. The molecule has 30 heavy (non-hydrogen) atoms. The van der Waals surface area contributed by atoms with Gasteiger partial charge in [0, 0.05) is 24.0 Å². The third-order valence-corrected chi connectivity index (χ3v) is 5.23. The number of carbonyl (C=O) groups excluding carboxylic acids is 1. The number of nitrogens with one attached hydrogen (secondary N) is 1. The van der Waals surface area contributed by atoms with Crippen molar-refractivity contribution in [3.63, 3.8) is 0 Å². The molecule has 4 aromatic rings. The molecule has 0 aliphatic heterocycles. The van der Waals surface area contributed by atoms with Gasteiger partial charge in [0.2, 0.25) is 5.91 Å². The van der Waals surface area contributed by atoms with Gasteiger partial charge in [0.05, 0.1) is 6.33 Å². The number of aromatic nitrogens is 3. The van der Waals surface area contributed by atoms with Crippen LogP contribution in [0.4, 0.5) is 5.69 Å². The van der Waals surface area contributed by atoms with Gasteiger partial charge in [-0.1, -0.05) is 49.4 Å². The maximum absolute atomic E-state index is 13.0. The van der Waals surface area contributed by atoms with E-state index in [4.69, 9.17) is 0 Å². The van der Waals surface area contributed by atoms with Crippen molar-refractivity contribution >= 4 is 22.6 Å². The van der Waals surface area contributed by atoms with Crippen LogP contribution < -0.4 is 10.9 Å². The predicted octanol–water partition coefficient (Wildman–Crippen LogP) is 4.09. The van der Waals surface area contributed by atoms with Crippen molar-refractivity contribution < 1.29 is 4.79 Å². The van der Waals surface area contributed by atoms with E-state index in [9.17, 15) is 9.59 Å². The fourth-order valence-electron chi connectivity index (χ4n) is 3.57. The van der Waals surface area contributed by atoms with E-state index >= 15 is 0 Å². The molecule has 0 radical (unpaired) electrons. The maximum Gasteiger partial charge on any atom is 0.277 e. The molecule has 0 saturated carbocycles. The Morgan fingerprint density at radius 3 is 2.40 bits per heavy atom. The Bertz CT molecular complexity index is 1240. The van der Waals surface area contributed by atoms with Gasteiger partial charge in [-0.3, -0.25) is 14.2 Å². The molecule has 2 heterocycles. The van der Waals surface area contributed by atoms with Crippen LogP contribution in [-0.2, 0) is 24.3 Å². The molecule has 0 unspecified atom stereocenters. The van der Waals surface area contributed by atoms with Gasteiger partial charge >= 0.3 is 0 Å². The SMILES string of the molecule is CCc1ccc(NC(=O)Cn2cc(-c3ccccc3)c3ncn(CC)c(=O)c32)cc1. The van der Waals surface area contributed by atoms with E-state index in [2.05, 4.69) is 17.2 Å². The summed E-state index contributed by atoms with van der Waals surface area (Å²) < 4.78 is 3.25. The lowest BCUT2D eigenvalue weighted by Gasteiger charge is -2.08. The molecule has 4 rings (SSSR count). The van der Waals surface area contributed by atoms with Crippen LogP contribution in [-0.4, -0.2) is 20.0 Å². The van der Waals surface area contributed by atoms with Gasteiger partial charge in [0.1, 0.15) is 17.6 Å². The lowest BCUT2D eigenvalue weighted by Crippen LogP contribution is -2.24. The number of fused-ring (bicyclic) bond motifs is 1. The van der Waals surface area contributed by atoms with Crippen molar-refractivity contribution in [2.24, 2.45) is 0 Å². The van der Waals surface area contributed by atoms with Crippen molar-refractivity contribution in [3.05, 3.63) is 83.0 Å². The number of carbonyl (C=O) groups is 1. The Morgan fingerprint density at radius 2 is 1.73 bits per heavy atom. The average Bonchev–Trinajstić information content (AvgIpc) is 3.14. The van der Waals surface area contributed by atoms with E-state index in [0.717, 1.165) is 23.2 Å². The monoisotopic (exact) mass is 400 g/mol. The minimum Gasteiger partial charge on any atom is -0.332 e. The molecule has 2 aromatic carbocycles. The van der Waals surface area contributed by atoms with E-state index in [1.807, 2.05) is 67.7 Å². The Hall–Kier alpha value is -3.67. The van der Waals surface area contributed by atoms with E-state index in [1.165, 1.54) is 5.56 Å². The highest BCUT2D eigenvalue weighted by atomic mass is 16.2. The maximum atomic E-state index is 13.0. The molecule has 2 aromatic heterocycles. The zero-order chi connectivity index (χ0) is 21.1. The van der Waals surface area contributed by atoms with Crippen LogP contribution in [0.15, 0.2) is 71.9 Å².